The molecule has 30 heavy (non-hydrogen) atoms. The molecule has 156 valence electrons. The Hall–Kier alpha value is -2.46. The van der Waals surface area contributed by atoms with Crippen LogP contribution in [0.3, 0.4) is 0 Å². The summed E-state index contributed by atoms with van der Waals surface area (Å²) in [5.74, 6) is 0. The van der Waals surface area contributed by atoms with Crippen molar-refractivity contribution in [1.82, 2.24) is 0 Å². The summed E-state index contributed by atoms with van der Waals surface area (Å²) in [5.41, 5.74) is 8.58. The monoisotopic (exact) mass is 402 g/mol. The summed E-state index contributed by atoms with van der Waals surface area (Å²) in [7, 11) is 0. The van der Waals surface area contributed by atoms with Gasteiger partial charge in [0.2, 0.25) is 0 Å². The summed E-state index contributed by atoms with van der Waals surface area (Å²) in [6.07, 6.45) is 1.03. The second-order valence-electron chi connectivity index (χ2n) is 8.48. The lowest BCUT2D eigenvalue weighted by atomic mass is 9.92. The zero-order valence-electron chi connectivity index (χ0n) is 17.7. The molecule has 3 unspecified atom stereocenters. The van der Waals surface area contributed by atoms with Crippen LogP contribution in [0.1, 0.15) is 46.8 Å². The predicted octanol–water partition coefficient (Wildman–Crippen LogP) is 5.13. The van der Waals surface area contributed by atoms with Crippen molar-refractivity contribution in [2.45, 2.75) is 51.4 Å². The van der Waals surface area contributed by atoms with E-state index in [1.165, 1.54) is 33.4 Å². The molecule has 3 nitrogen and oxygen atoms in total. The van der Waals surface area contributed by atoms with E-state index < -0.39 is 6.10 Å². The van der Waals surface area contributed by atoms with E-state index in [4.69, 9.17) is 4.74 Å². The summed E-state index contributed by atoms with van der Waals surface area (Å²) < 4.78 is 6.00. The minimum Gasteiger partial charge on any atom is -0.394 e. The summed E-state index contributed by atoms with van der Waals surface area (Å²) in [6, 6.07) is 23.8. The van der Waals surface area contributed by atoms with Gasteiger partial charge in [-0.05, 0) is 53.6 Å². The topological polar surface area (TPSA) is 49.7 Å². The van der Waals surface area contributed by atoms with Gasteiger partial charge in [-0.3, -0.25) is 0 Å². The SMILES string of the molecule is Cc1ccc(-c2ccc(Cc3cc(C4CC(O)CC(CO)O4)ccc3C)cc2)cc1. The fraction of sp³-hybridized carbons (Fsp3) is 0.333. The summed E-state index contributed by atoms with van der Waals surface area (Å²) in [6.45, 7) is 4.18. The van der Waals surface area contributed by atoms with Gasteiger partial charge in [-0.2, -0.15) is 0 Å². The van der Waals surface area contributed by atoms with Gasteiger partial charge in [-0.25, -0.2) is 0 Å². The van der Waals surface area contributed by atoms with E-state index in [1.54, 1.807) is 0 Å². The standard InChI is InChI=1S/C27H30O3/c1-18-3-8-21(9-4-18)22-11-6-20(7-12-22)13-24-14-23(10-5-19(24)2)27-16-25(29)15-26(17-28)30-27/h3-12,14,25-29H,13,15-17H2,1-2H3. The summed E-state index contributed by atoms with van der Waals surface area (Å²) >= 11 is 0. The van der Waals surface area contributed by atoms with Gasteiger partial charge in [-0.15, -0.1) is 0 Å². The minimum absolute atomic E-state index is 0.0559. The van der Waals surface area contributed by atoms with Gasteiger partial charge in [0.1, 0.15) is 0 Å². The molecule has 0 amide bonds. The number of hydrogen-bond donors (Lipinski definition) is 2. The van der Waals surface area contributed by atoms with E-state index in [0.29, 0.717) is 12.8 Å². The lowest BCUT2D eigenvalue weighted by Gasteiger charge is -2.32. The van der Waals surface area contributed by atoms with Crippen molar-refractivity contribution >= 4 is 0 Å². The molecule has 1 saturated heterocycles. The van der Waals surface area contributed by atoms with Crippen LogP contribution >= 0.6 is 0 Å². The van der Waals surface area contributed by atoms with E-state index in [2.05, 4.69) is 80.6 Å². The highest BCUT2D eigenvalue weighted by atomic mass is 16.5. The maximum atomic E-state index is 10.1. The number of aliphatic hydroxyl groups excluding tert-OH is 2. The van der Waals surface area contributed by atoms with Gasteiger partial charge in [0, 0.05) is 12.8 Å². The Morgan fingerprint density at radius 2 is 1.53 bits per heavy atom. The highest BCUT2D eigenvalue weighted by Gasteiger charge is 2.29. The van der Waals surface area contributed by atoms with Gasteiger partial charge in [-0.1, -0.05) is 72.3 Å². The first kappa shape index (κ1) is 20.8. The molecule has 4 rings (SSSR count). The molecule has 3 heteroatoms. The minimum atomic E-state index is -0.431. The van der Waals surface area contributed by atoms with Crippen molar-refractivity contribution in [2.24, 2.45) is 0 Å². The number of aliphatic hydroxyl groups is 2. The van der Waals surface area contributed by atoms with Crippen molar-refractivity contribution in [3.63, 3.8) is 0 Å². The molecule has 0 bridgehead atoms. The number of aryl methyl sites for hydroxylation is 2. The number of ether oxygens (including phenoxy) is 1. The molecular formula is C27H30O3. The Balaban J connectivity index is 1.51. The molecule has 1 fully saturated rings. The highest BCUT2D eigenvalue weighted by molar-refractivity contribution is 5.64. The smallest absolute Gasteiger partial charge is 0.0854 e. The second kappa shape index (κ2) is 9.13. The quantitative estimate of drug-likeness (QED) is 0.622. The molecule has 2 N–H and O–H groups in total. The predicted molar refractivity (Wildman–Crippen MR) is 121 cm³/mol. The first-order valence-corrected chi connectivity index (χ1v) is 10.7. The molecule has 1 aliphatic rings. The van der Waals surface area contributed by atoms with E-state index >= 15 is 0 Å². The van der Waals surface area contributed by atoms with E-state index in [9.17, 15) is 10.2 Å². The third-order valence-electron chi connectivity index (χ3n) is 6.06. The van der Waals surface area contributed by atoms with Crippen LogP contribution < -0.4 is 0 Å². The molecule has 3 atom stereocenters. The number of rotatable bonds is 5. The Morgan fingerprint density at radius 3 is 2.20 bits per heavy atom. The summed E-state index contributed by atoms with van der Waals surface area (Å²) in [4.78, 5) is 0. The third-order valence-corrected chi connectivity index (χ3v) is 6.06. The lowest BCUT2D eigenvalue weighted by molar-refractivity contribution is -0.113. The summed E-state index contributed by atoms with van der Waals surface area (Å²) in [5, 5.41) is 19.6. The molecule has 3 aromatic carbocycles. The Bertz CT molecular complexity index is 976. The van der Waals surface area contributed by atoms with E-state index in [0.717, 1.165) is 12.0 Å². The molecular weight excluding hydrogens is 372 g/mol. The zero-order chi connectivity index (χ0) is 21.1. The van der Waals surface area contributed by atoms with Crippen molar-refractivity contribution in [2.75, 3.05) is 6.61 Å². The molecule has 0 aromatic heterocycles. The van der Waals surface area contributed by atoms with Crippen LogP contribution in [0.5, 0.6) is 0 Å². The molecule has 0 radical (unpaired) electrons. The van der Waals surface area contributed by atoms with Gasteiger partial charge in [0.05, 0.1) is 24.9 Å². The van der Waals surface area contributed by atoms with Crippen LogP contribution in [0, 0.1) is 13.8 Å². The maximum Gasteiger partial charge on any atom is 0.0854 e. The van der Waals surface area contributed by atoms with Crippen LogP contribution in [-0.4, -0.2) is 29.0 Å². The van der Waals surface area contributed by atoms with Crippen molar-refractivity contribution in [1.29, 1.82) is 0 Å². The van der Waals surface area contributed by atoms with E-state index in [-0.39, 0.29) is 18.8 Å². The molecule has 0 aliphatic carbocycles. The van der Waals surface area contributed by atoms with Gasteiger partial charge in [0.25, 0.3) is 0 Å². The van der Waals surface area contributed by atoms with E-state index in [1.807, 2.05) is 0 Å². The van der Waals surface area contributed by atoms with Gasteiger partial charge >= 0.3 is 0 Å². The molecule has 0 spiro atoms. The normalized spacial score (nSPS) is 21.5. The fourth-order valence-corrected chi connectivity index (χ4v) is 4.19. The largest absolute Gasteiger partial charge is 0.394 e. The average Bonchev–Trinajstić information content (AvgIpc) is 2.76. The Labute approximate surface area is 179 Å². The van der Waals surface area contributed by atoms with Crippen molar-refractivity contribution < 1.29 is 14.9 Å². The Morgan fingerprint density at radius 1 is 0.867 bits per heavy atom. The first-order chi connectivity index (χ1) is 14.5. The number of hydrogen-bond acceptors (Lipinski definition) is 3. The van der Waals surface area contributed by atoms with Gasteiger partial charge < -0.3 is 14.9 Å². The highest BCUT2D eigenvalue weighted by Crippen LogP contribution is 2.33. The molecule has 1 heterocycles. The van der Waals surface area contributed by atoms with Crippen LogP contribution in [0.25, 0.3) is 11.1 Å². The first-order valence-electron chi connectivity index (χ1n) is 10.7. The van der Waals surface area contributed by atoms with Crippen LogP contribution in [0.15, 0.2) is 66.7 Å². The van der Waals surface area contributed by atoms with Gasteiger partial charge in [0.15, 0.2) is 0 Å². The fourth-order valence-electron chi connectivity index (χ4n) is 4.19. The maximum absolute atomic E-state index is 10.1. The van der Waals surface area contributed by atoms with Crippen molar-refractivity contribution in [3.8, 4) is 11.1 Å². The molecule has 0 saturated carbocycles. The Kier molecular flexibility index (Phi) is 6.33. The molecule has 1 aliphatic heterocycles. The third kappa shape index (κ3) is 4.81. The van der Waals surface area contributed by atoms with Crippen molar-refractivity contribution in [3.05, 3.63) is 94.5 Å². The second-order valence-corrected chi connectivity index (χ2v) is 8.48. The number of benzene rings is 3. The zero-order valence-corrected chi connectivity index (χ0v) is 17.7. The van der Waals surface area contributed by atoms with Crippen LogP contribution in [-0.2, 0) is 11.2 Å². The lowest BCUT2D eigenvalue weighted by Crippen LogP contribution is -2.33. The van der Waals surface area contributed by atoms with Crippen LogP contribution in [0.2, 0.25) is 0 Å². The van der Waals surface area contributed by atoms with Crippen LogP contribution in [0.4, 0.5) is 0 Å². The average molecular weight is 403 g/mol. The molecule has 3 aromatic rings.